The molecule has 2 saturated carbocycles. The first-order valence-corrected chi connectivity index (χ1v) is 15.2. The summed E-state index contributed by atoms with van der Waals surface area (Å²) < 4.78 is 27.3. The minimum absolute atomic E-state index is 0.00681. The number of halogens is 1. The van der Waals surface area contributed by atoms with E-state index in [0.29, 0.717) is 48.0 Å². The lowest BCUT2D eigenvalue weighted by molar-refractivity contribution is -0.131. The van der Waals surface area contributed by atoms with Gasteiger partial charge in [-0.3, -0.25) is 19.5 Å². The molecular formula is C35H35FN4O4. The van der Waals surface area contributed by atoms with Gasteiger partial charge in [0, 0.05) is 46.7 Å². The zero-order valence-corrected chi connectivity index (χ0v) is 24.9. The molecule has 3 aromatic carbocycles. The van der Waals surface area contributed by atoms with Crippen LogP contribution in [0.15, 0.2) is 72.9 Å². The number of nitrogens with zero attached hydrogens (tertiary/aromatic N) is 2. The Kier molecular flexibility index (Phi) is 7.00. The number of nitrogens with one attached hydrogen (secondary N) is 2. The molecule has 226 valence electrons. The molecule has 2 amide bonds. The number of likely N-dealkylation sites (N-methyl/N-ethyl adjacent to an activating group) is 1. The number of anilines is 2. The van der Waals surface area contributed by atoms with Gasteiger partial charge in [0.25, 0.3) is 0 Å². The van der Waals surface area contributed by atoms with Crippen molar-refractivity contribution < 1.29 is 23.5 Å². The van der Waals surface area contributed by atoms with Gasteiger partial charge >= 0.3 is 0 Å². The number of ether oxygens (including phenoxy) is 2. The predicted molar refractivity (Wildman–Crippen MR) is 167 cm³/mol. The van der Waals surface area contributed by atoms with E-state index in [2.05, 4.69) is 27.6 Å². The molecule has 2 aliphatic carbocycles. The van der Waals surface area contributed by atoms with Crippen molar-refractivity contribution in [2.45, 2.75) is 57.0 Å². The molecule has 0 bridgehead atoms. The first-order chi connectivity index (χ1) is 21.2. The Balaban J connectivity index is 0.994. The number of pyridine rings is 1. The summed E-state index contributed by atoms with van der Waals surface area (Å²) in [5, 5.41) is 6.25. The van der Waals surface area contributed by atoms with E-state index in [4.69, 9.17) is 9.47 Å². The van der Waals surface area contributed by atoms with Gasteiger partial charge in [0.2, 0.25) is 11.8 Å². The minimum Gasteiger partial charge on any atom is -0.492 e. The Morgan fingerprint density at radius 2 is 1.64 bits per heavy atom. The number of hydrogen-bond donors (Lipinski definition) is 2. The summed E-state index contributed by atoms with van der Waals surface area (Å²) in [7, 11) is 2.20. The fourth-order valence-electron chi connectivity index (χ4n) is 6.21. The molecule has 3 aliphatic rings. The third-order valence-electron chi connectivity index (χ3n) is 9.52. The van der Waals surface area contributed by atoms with Crippen molar-refractivity contribution in [3.63, 3.8) is 0 Å². The number of likely N-dealkylation sites (tertiary alicyclic amines) is 1. The van der Waals surface area contributed by atoms with Gasteiger partial charge < -0.3 is 20.1 Å². The fourth-order valence-corrected chi connectivity index (χ4v) is 6.21. The molecule has 1 unspecified atom stereocenters. The maximum atomic E-state index is 15.2. The predicted octanol–water partition coefficient (Wildman–Crippen LogP) is 6.84. The Labute approximate surface area is 255 Å². The zero-order valence-electron chi connectivity index (χ0n) is 24.9. The molecule has 1 spiro atoms. The van der Waals surface area contributed by atoms with Gasteiger partial charge in [0.1, 0.15) is 23.5 Å². The van der Waals surface area contributed by atoms with Crippen molar-refractivity contribution in [3.05, 3.63) is 84.3 Å². The quantitative estimate of drug-likeness (QED) is 0.206. The molecule has 44 heavy (non-hydrogen) atoms. The van der Waals surface area contributed by atoms with E-state index in [0.717, 1.165) is 23.1 Å². The molecule has 1 aliphatic heterocycles. The van der Waals surface area contributed by atoms with Crippen molar-refractivity contribution in [3.8, 4) is 17.2 Å². The largest absolute Gasteiger partial charge is 0.492 e. The molecule has 9 heteroatoms. The normalized spacial score (nSPS) is 19.5. The fraction of sp³-hybridized carbons (Fsp3) is 0.343. The molecular weight excluding hydrogens is 559 g/mol. The molecule has 3 fully saturated rings. The maximum Gasteiger partial charge on any atom is 0.240 e. The molecule has 1 atom stereocenters. The highest BCUT2D eigenvalue weighted by Gasteiger charge is 2.56. The number of rotatable bonds is 9. The van der Waals surface area contributed by atoms with Gasteiger partial charge in [-0.05, 0) is 95.0 Å². The summed E-state index contributed by atoms with van der Waals surface area (Å²) >= 11 is 0. The Hall–Kier alpha value is -4.50. The number of aryl methyl sites for hydroxylation is 1. The minimum atomic E-state index is -1.17. The standard InChI is InChI=1S/C35H35FN4O4/c1-22-3-5-23(6-4-22)38-32(41)35(16-17-35)33(42)39-24-7-10-31(28(36)19-24)44-30-12-18-37-29-20-26(8-9-27(29)30)43-21-25-11-13-34(14-15-34)40(25)2/h3-10,12,18-20,25H,11,13-17,21H2,1-2H3,(H,38,41)(H,39,42). The topological polar surface area (TPSA) is 92.8 Å². The van der Waals surface area contributed by atoms with Gasteiger partial charge in [-0.25, -0.2) is 4.39 Å². The zero-order chi connectivity index (χ0) is 30.5. The summed E-state index contributed by atoms with van der Waals surface area (Å²) in [5.41, 5.74) is 1.88. The highest BCUT2D eigenvalue weighted by Crippen LogP contribution is 2.51. The third kappa shape index (κ3) is 5.36. The summed E-state index contributed by atoms with van der Waals surface area (Å²) in [6.45, 7) is 2.59. The second-order valence-electron chi connectivity index (χ2n) is 12.4. The summed E-state index contributed by atoms with van der Waals surface area (Å²) in [6, 6.07) is 19.3. The van der Waals surface area contributed by atoms with E-state index in [9.17, 15) is 9.59 Å². The van der Waals surface area contributed by atoms with Gasteiger partial charge in [-0.15, -0.1) is 0 Å². The van der Waals surface area contributed by atoms with Crippen LogP contribution in [0.1, 0.15) is 44.1 Å². The van der Waals surface area contributed by atoms with Gasteiger partial charge in [0.15, 0.2) is 11.6 Å². The van der Waals surface area contributed by atoms with Crippen LogP contribution >= 0.6 is 0 Å². The van der Waals surface area contributed by atoms with Crippen LogP contribution in [-0.4, -0.2) is 46.9 Å². The van der Waals surface area contributed by atoms with E-state index in [-0.39, 0.29) is 17.3 Å². The van der Waals surface area contributed by atoms with Crippen LogP contribution in [-0.2, 0) is 9.59 Å². The third-order valence-corrected chi connectivity index (χ3v) is 9.52. The number of hydrogen-bond acceptors (Lipinski definition) is 6. The molecule has 8 nitrogen and oxygen atoms in total. The van der Waals surface area contributed by atoms with Crippen LogP contribution in [0, 0.1) is 18.2 Å². The summed E-state index contributed by atoms with van der Waals surface area (Å²) in [6.07, 6.45) is 7.45. The highest BCUT2D eigenvalue weighted by atomic mass is 19.1. The summed E-state index contributed by atoms with van der Waals surface area (Å²) in [5.74, 6) is -0.272. The maximum absolute atomic E-state index is 15.2. The van der Waals surface area contributed by atoms with Gasteiger partial charge in [-0.2, -0.15) is 0 Å². The lowest BCUT2D eigenvalue weighted by Crippen LogP contribution is -2.37. The van der Waals surface area contributed by atoms with E-state index in [1.54, 1.807) is 30.5 Å². The van der Waals surface area contributed by atoms with Gasteiger partial charge in [-0.1, -0.05) is 17.7 Å². The molecule has 7 rings (SSSR count). The van der Waals surface area contributed by atoms with Crippen LogP contribution < -0.4 is 20.1 Å². The molecule has 4 aromatic rings. The Bertz CT molecular complexity index is 1750. The van der Waals surface area contributed by atoms with E-state index in [1.807, 2.05) is 37.3 Å². The van der Waals surface area contributed by atoms with Crippen molar-refractivity contribution in [1.29, 1.82) is 0 Å². The van der Waals surface area contributed by atoms with Crippen LogP contribution in [0.25, 0.3) is 10.9 Å². The number of carbonyl (C=O) groups is 2. The van der Waals surface area contributed by atoms with Crippen molar-refractivity contribution in [2.24, 2.45) is 5.41 Å². The number of fused-ring (bicyclic) bond motifs is 1. The van der Waals surface area contributed by atoms with Crippen LogP contribution in [0.4, 0.5) is 15.8 Å². The smallest absolute Gasteiger partial charge is 0.240 e. The van der Waals surface area contributed by atoms with E-state index in [1.165, 1.54) is 31.4 Å². The molecule has 1 saturated heterocycles. The molecule has 2 heterocycles. The highest BCUT2D eigenvalue weighted by molar-refractivity contribution is 6.16. The van der Waals surface area contributed by atoms with Crippen molar-refractivity contribution in [1.82, 2.24) is 9.88 Å². The lowest BCUT2D eigenvalue weighted by atomic mass is 10.0. The van der Waals surface area contributed by atoms with E-state index >= 15 is 4.39 Å². The van der Waals surface area contributed by atoms with Crippen molar-refractivity contribution in [2.75, 3.05) is 24.3 Å². The van der Waals surface area contributed by atoms with Crippen LogP contribution in [0.2, 0.25) is 0 Å². The first kappa shape index (κ1) is 28.3. The molecule has 2 N–H and O–H groups in total. The Morgan fingerprint density at radius 1 is 0.909 bits per heavy atom. The van der Waals surface area contributed by atoms with Crippen molar-refractivity contribution >= 4 is 34.1 Å². The van der Waals surface area contributed by atoms with Crippen LogP contribution in [0.3, 0.4) is 0 Å². The Morgan fingerprint density at radius 3 is 2.32 bits per heavy atom. The van der Waals surface area contributed by atoms with E-state index < -0.39 is 17.1 Å². The number of carbonyl (C=O) groups excluding carboxylic acids is 2. The SMILES string of the molecule is Cc1ccc(NC(=O)C2(C(=O)Nc3ccc(Oc4ccnc5cc(OCC6CCC7(CC7)N6C)ccc45)c(F)c3)CC2)cc1. The summed E-state index contributed by atoms with van der Waals surface area (Å²) in [4.78, 5) is 32.9. The average molecular weight is 595 g/mol. The molecule has 0 radical (unpaired) electrons. The number of benzene rings is 3. The first-order valence-electron chi connectivity index (χ1n) is 15.2. The van der Waals surface area contributed by atoms with Crippen LogP contribution in [0.5, 0.6) is 17.2 Å². The second kappa shape index (κ2) is 10.9. The second-order valence-corrected chi connectivity index (χ2v) is 12.4. The average Bonchev–Trinajstić information content (AvgIpc) is 3.94. The monoisotopic (exact) mass is 594 g/mol. The number of amides is 2. The molecule has 1 aromatic heterocycles. The lowest BCUT2D eigenvalue weighted by Gasteiger charge is -2.25. The van der Waals surface area contributed by atoms with Gasteiger partial charge in [0.05, 0.1) is 5.52 Å². The number of aromatic nitrogens is 1.